The molecule has 0 aromatic carbocycles. The van der Waals surface area contributed by atoms with Crippen molar-refractivity contribution >= 4 is 33.0 Å². The zero-order chi connectivity index (χ0) is 21.4. The maximum absolute atomic E-state index is 14.1. The summed E-state index contributed by atoms with van der Waals surface area (Å²) in [4.78, 5) is 25.3. The van der Waals surface area contributed by atoms with Crippen molar-refractivity contribution in [2.75, 3.05) is 5.73 Å². The number of nitrogens with two attached hydrogens (primary N) is 1. The van der Waals surface area contributed by atoms with Crippen LogP contribution in [0, 0.1) is 23.2 Å². The zero-order valence-corrected chi connectivity index (χ0v) is 19.2. The topological polar surface area (TPSA) is 68.9 Å². The normalized spacial score (nSPS) is 30.6. The number of carbonyl (C=O) groups excluding carboxylic acids is 1. The number of aryl methyl sites for hydroxylation is 1. The second-order valence-electron chi connectivity index (χ2n) is 10.9. The van der Waals surface area contributed by atoms with Gasteiger partial charge in [0.25, 0.3) is 0 Å². The van der Waals surface area contributed by atoms with Gasteiger partial charge in [-0.3, -0.25) is 9.78 Å². The molecule has 0 unspecified atom stereocenters. The van der Waals surface area contributed by atoms with E-state index in [0.29, 0.717) is 11.5 Å². The number of nitrogens with zero attached hydrogens (tertiary/aromatic N) is 2. The molecule has 0 radical (unpaired) electrons. The highest BCUT2D eigenvalue weighted by Gasteiger charge is 2.55. The first kappa shape index (κ1) is 19.2. The molecular formula is C27H29N3OS. The quantitative estimate of drug-likeness (QED) is 0.488. The van der Waals surface area contributed by atoms with Crippen LogP contribution >= 0.6 is 11.3 Å². The Morgan fingerprint density at radius 1 is 1.06 bits per heavy atom. The number of nitrogen functional groups attached to an aromatic ring is 1. The van der Waals surface area contributed by atoms with Gasteiger partial charge in [0, 0.05) is 40.0 Å². The molecule has 0 amide bonds. The van der Waals surface area contributed by atoms with E-state index in [9.17, 15) is 4.79 Å². The lowest BCUT2D eigenvalue weighted by molar-refractivity contribution is -0.0350. The van der Waals surface area contributed by atoms with Crippen molar-refractivity contribution in [3.8, 4) is 11.1 Å². The molecule has 4 nitrogen and oxygen atoms in total. The Balaban J connectivity index is 1.42. The van der Waals surface area contributed by atoms with E-state index in [0.717, 1.165) is 70.5 Å². The van der Waals surface area contributed by atoms with Gasteiger partial charge in [0.05, 0.1) is 10.6 Å². The molecule has 4 saturated carbocycles. The van der Waals surface area contributed by atoms with Crippen LogP contribution in [0.5, 0.6) is 0 Å². The summed E-state index contributed by atoms with van der Waals surface area (Å²) in [5.41, 5.74) is 12.1. The molecule has 4 bridgehead atoms. The van der Waals surface area contributed by atoms with Gasteiger partial charge < -0.3 is 5.73 Å². The SMILES string of the molecule is Nc1c(C(=O)C23CC4CC(CC(C4)C2)C3)sc2nc3c(c(-c4cccnc4)c12)CCCC3. The lowest BCUT2D eigenvalue weighted by Crippen LogP contribution is -2.49. The number of Topliss-reactive ketones (excluding diaryl/α,β-unsaturated/α-hetero) is 1. The lowest BCUT2D eigenvalue weighted by atomic mass is 9.48. The summed E-state index contributed by atoms with van der Waals surface area (Å²) in [6.45, 7) is 0. The van der Waals surface area contributed by atoms with Crippen LogP contribution in [0.3, 0.4) is 0 Å². The number of rotatable bonds is 3. The van der Waals surface area contributed by atoms with Gasteiger partial charge in [-0.25, -0.2) is 4.98 Å². The third kappa shape index (κ3) is 2.70. The molecule has 5 aliphatic carbocycles. The van der Waals surface area contributed by atoms with E-state index in [-0.39, 0.29) is 5.41 Å². The summed E-state index contributed by atoms with van der Waals surface area (Å²) < 4.78 is 0. The molecule has 0 spiro atoms. The molecule has 164 valence electrons. The van der Waals surface area contributed by atoms with E-state index >= 15 is 0 Å². The van der Waals surface area contributed by atoms with Crippen LogP contribution in [0.1, 0.15) is 72.3 Å². The second-order valence-corrected chi connectivity index (χ2v) is 11.9. The first-order valence-corrected chi connectivity index (χ1v) is 13.1. The van der Waals surface area contributed by atoms with Gasteiger partial charge in [0.1, 0.15) is 4.83 Å². The highest BCUT2D eigenvalue weighted by molar-refractivity contribution is 7.21. The van der Waals surface area contributed by atoms with Crippen molar-refractivity contribution in [2.45, 2.75) is 64.2 Å². The monoisotopic (exact) mass is 443 g/mol. The Labute approximate surface area is 192 Å². The summed E-state index contributed by atoms with van der Waals surface area (Å²) in [6, 6.07) is 4.11. The third-order valence-corrected chi connectivity index (χ3v) is 9.93. The maximum Gasteiger partial charge on any atom is 0.181 e. The third-order valence-electron chi connectivity index (χ3n) is 8.83. The number of thiophene rings is 1. The van der Waals surface area contributed by atoms with Crippen LogP contribution in [0.2, 0.25) is 0 Å². The predicted octanol–water partition coefficient (Wildman–Crippen LogP) is 6.22. The first-order valence-electron chi connectivity index (χ1n) is 12.3. The van der Waals surface area contributed by atoms with Gasteiger partial charge in [0.2, 0.25) is 0 Å². The Morgan fingerprint density at radius 2 is 1.78 bits per heavy atom. The summed E-state index contributed by atoms with van der Waals surface area (Å²) in [5.74, 6) is 2.57. The Hall–Kier alpha value is -2.27. The molecular weight excluding hydrogens is 414 g/mol. The highest BCUT2D eigenvalue weighted by Crippen LogP contribution is 2.61. The Kier molecular flexibility index (Phi) is 4.12. The fourth-order valence-electron chi connectivity index (χ4n) is 7.93. The molecule has 32 heavy (non-hydrogen) atoms. The minimum Gasteiger partial charge on any atom is -0.397 e. The predicted molar refractivity (Wildman–Crippen MR) is 129 cm³/mol. The summed E-state index contributed by atoms with van der Waals surface area (Å²) in [6.07, 6.45) is 15.4. The van der Waals surface area contributed by atoms with Gasteiger partial charge in [-0.2, -0.15) is 0 Å². The number of aromatic nitrogens is 2. The van der Waals surface area contributed by atoms with E-state index in [1.807, 2.05) is 18.5 Å². The maximum atomic E-state index is 14.1. The van der Waals surface area contributed by atoms with Crippen molar-refractivity contribution in [3.05, 3.63) is 40.7 Å². The molecule has 0 atom stereocenters. The minimum absolute atomic E-state index is 0.169. The fourth-order valence-corrected chi connectivity index (χ4v) is 9.12. The van der Waals surface area contributed by atoms with Gasteiger partial charge in [-0.15, -0.1) is 11.3 Å². The Morgan fingerprint density at radius 3 is 2.47 bits per heavy atom. The standard InChI is InChI=1S/C27H29N3OS/c28-23-22-21(18-4-3-7-29-14-18)19-5-1-2-6-20(19)30-26(22)32-24(23)25(31)27-11-15-8-16(12-27)10-17(9-15)13-27/h3-4,7,14-17H,1-2,5-6,8-13,28H2. The largest absolute Gasteiger partial charge is 0.397 e. The average molecular weight is 444 g/mol. The molecule has 2 N–H and O–H groups in total. The van der Waals surface area contributed by atoms with Crippen LogP contribution in [-0.4, -0.2) is 15.8 Å². The van der Waals surface area contributed by atoms with E-state index in [1.165, 1.54) is 48.9 Å². The van der Waals surface area contributed by atoms with Gasteiger partial charge in [-0.05, 0) is 93.6 Å². The van der Waals surface area contributed by atoms with Crippen LogP contribution in [0.25, 0.3) is 21.3 Å². The van der Waals surface area contributed by atoms with E-state index in [2.05, 4.69) is 11.1 Å². The van der Waals surface area contributed by atoms with Crippen molar-refractivity contribution in [3.63, 3.8) is 0 Å². The minimum atomic E-state index is -0.169. The highest BCUT2D eigenvalue weighted by atomic mass is 32.1. The van der Waals surface area contributed by atoms with Crippen LogP contribution in [-0.2, 0) is 12.8 Å². The van der Waals surface area contributed by atoms with Crippen LogP contribution < -0.4 is 5.73 Å². The molecule has 5 heteroatoms. The van der Waals surface area contributed by atoms with Crippen LogP contribution in [0.15, 0.2) is 24.5 Å². The van der Waals surface area contributed by atoms with Gasteiger partial charge >= 0.3 is 0 Å². The average Bonchev–Trinajstić information content (AvgIpc) is 3.12. The molecule has 4 fully saturated rings. The molecule has 0 saturated heterocycles. The number of fused-ring (bicyclic) bond motifs is 2. The van der Waals surface area contributed by atoms with E-state index < -0.39 is 0 Å². The van der Waals surface area contributed by atoms with Crippen LogP contribution in [0.4, 0.5) is 5.69 Å². The Bertz CT molecular complexity index is 1210. The molecule has 3 aromatic heterocycles. The number of pyridine rings is 2. The van der Waals surface area contributed by atoms with Crippen molar-refractivity contribution in [1.29, 1.82) is 0 Å². The second kappa shape index (κ2) is 6.86. The van der Waals surface area contributed by atoms with Crippen molar-refractivity contribution in [1.82, 2.24) is 9.97 Å². The number of anilines is 1. The molecule has 5 aliphatic rings. The number of ketones is 1. The smallest absolute Gasteiger partial charge is 0.181 e. The summed E-state index contributed by atoms with van der Waals surface area (Å²) in [7, 11) is 0. The molecule has 0 aliphatic heterocycles. The number of hydrogen-bond acceptors (Lipinski definition) is 5. The lowest BCUT2D eigenvalue weighted by Gasteiger charge is -2.55. The zero-order valence-electron chi connectivity index (χ0n) is 18.4. The fraction of sp³-hybridized carbons (Fsp3) is 0.519. The number of carbonyl (C=O) groups is 1. The summed E-state index contributed by atoms with van der Waals surface area (Å²) >= 11 is 1.56. The van der Waals surface area contributed by atoms with Crippen molar-refractivity contribution < 1.29 is 4.79 Å². The number of hydrogen-bond donors (Lipinski definition) is 1. The van der Waals surface area contributed by atoms with Crippen molar-refractivity contribution in [2.24, 2.45) is 23.2 Å². The molecule has 8 rings (SSSR count). The van der Waals surface area contributed by atoms with Gasteiger partial charge in [0.15, 0.2) is 5.78 Å². The van der Waals surface area contributed by atoms with E-state index in [4.69, 9.17) is 10.7 Å². The molecule has 3 heterocycles. The molecule has 3 aromatic rings. The first-order chi connectivity index (χ1) is 15.6. The van der Waals surface area contributed by atoms with Gasteiger partial charge in [-0.1, -0.05) is 6.07 Å². The van der Waals surface area contributed by atoms with E-state index in [1.54, 1.807) is 11.3 Å². The summed E-state index contributed by atoms with van der Waals surface area (Å²) in [5, 5.41) is 0.997.